The fourth-order valence-corrected chi connectivity index (χ4v) is 7.55. The molecule has 3 N–H and O–H groups in total. The number of rotatable bonds is 9. The van der Waals surface area contributed by atoms with Crippen LogP contribution in [0.15, 0.2) is 24.5 Å². The zero-order chi connectivity index (χ0) is 30.1. The summed E-state index contributed by atoms with van der Waals surface area (Å²) >= 11 is 7.51. The maximum Gasteiger partial charge on any atom is 0.265 e. The number of carbonyl (C=O) groups is 1. The fraction of sp³-hybridized carbons (Fsp3) is 0.519. The first-order valence-electron chi connectivity index (χ1n) is 14.2. The Morgan fingerprint density at radius 1 is 1.28 bits per heavy atom. The van der Waals surface area contributed by atoms with Gasteiger partial charge in [0.1, 0.15) is 29.1 Å². The lowest BCUT2D eigenvalue weighted by molar-refractivity contribution is 0.0322. The van der Waals surface area contributed by atoms with E-state index in [9.17, 15) is 13.2 Å². The van der Waals surface area contributed by atoms with Gasteiger partial charge in [-0.1, -0.05) is 17.7 Å². The molecular formula is C27H35ClN8O5S2. The van der Waals surface area contributed by atoms with E-state index in [0.29, 0.717) is 46.0 Å². The van der Waals surface area contributed by atoms with Crippen LogP contribution >= 0.6 is 22.9 Å². The number of hydrogen-bond acceptors (Lipinski definition) is 11. The Labute approximate surface area is 259 Å². The van der Waals surface area contributed by atoms with Gasteiger partial charge in [0.2, 0.25) is 10.0 Å². The molecule has 16 heteroatoms. The van der Waals surface area contributed by atoms with Gasteiger partial charge in [-0.25, -0.2) is 17.9 Å². The minimum atomic E-state index is -3.33. The minimum Gasteiger partial charge on any atom is -0.490 e. The van der Waals surface area contributed by atoms with E-state index in [1.165, 1.54) is 28.2 Å². The number of hydrogen-bond donors (Lipinski definition) is 2. The first-order valence-corrected chi connectivity index (χ1v) is 17.3. The van der Waals surface area contributed by atoms with Crippen molar-refractivity contribution in [2.24, 2.45) is 0 Å². The number of anilines is 2. The van der Waals surface area contributed by atoms with Crippen LogP contribution in [0.4, 0.5) is 11.5 Å². The molecule has 3 aliphatic rings. The van der Waals surface area contributed by atoms with Gasteiger partial charge in [0, 0.05) is 57.9 Å². The zero-order valence-electron chi connectivity index (χ0n) is 23.9. The van der Waals surface area contributed by atoms with Gasteiger partial charge in [-0.05, 0) is 24.5 Å². The molecule has 0 radical (unpaired) electrons. The number of nitrogens with one attached hydrogen (secondary N) is 1. The quantitative estimate of drug-likeness (QED) is 0.351. The molecule has 43 heavy (non-hydrogen) atoms. The topological polar surface area (TPSA) is 148 Å². The van der Waals surface area contributed by atoms with Crippen LogP contribution in [0, 0.1) is 0 Å². The monoisotopic (exact) mass is 650 g/mol. The highest BCUT2D eigenvalue weighted by molar-refractivity contribution is 7.88. The van der Waals surface area contributed by atoms with E-state index in [1.807, 2.05) is 12.1 Å². The molecule has 232 valence electrons. The number of sulfonamides is 1. The standard InChI is InChI=1S/C27H35ClN8O5S2/c1-43(38,39)35-6-4-18(15-35)20-13-21(24-26(29)30-17-31-36(20)24)34-5-2-3-19(16-34)32-27(37)25-22(14-23(28)42-25)41-12-9-33-7-10-40-11-8-33/h4,13-14,17,19H,2-3,5-12,15-16H2,1H3,(H,32,37)(H2,29,30,31)/t19-/m1/s1. The number of nitrogens with zero attached hydrogens (tertiary/aromatic N) is 6. The highest BCUT2D eigenvalue weighted by atomic mass is 35.5. The first kappa shape index (κ1) is 30.1. The second-order valence-corrected chi connectivity index (χ2v) is 14.6. The number of thiophene rings is 1. The van der Waals surface area contributed by atoms with E-state index in [2.05, 4.69) is 25.2 Å². The number of morpholine rings is 1. The maximum atomic E-state index is 13.4. The van der Waals surface area contributed by atoms with Gasteiger partial charge in [-0.2, -0.15) is 9.40 Å². The van der Waals surface area contributed by atoms with E-state index in [1.54, 1.807) is 10.6 Å². The minimum absolute atomic E-state index is 0.126. The number of amides is 1. The van der Waals surface area contributed by atoms with Crippen molar-refractivity contribution in [2.45, 2.75) is 18.9 Å². The van der Waals surface area contributed by atoms with Gasteiger partial charge in [0.05, 0.1) is 35.2 Å². The number of aromatic nitrogens is 3. The number of ether oxygens (including phenoxy) is 2. The number of nitrogens with two attached hydrogens (primary N) is 1. The van der Waals surface area contributed by atoms with Crippen molar-refractivity contribution in [3.8, 4) is 5.75 Å². The summed E-state index contributed by atoms with van der Waals surface area (Å²) < 4.78 is 39.3. The van der Waals surface area contributed by atoms with Crippen molar-refractivity contribution < 1.29 is 22.7 Å². The van der Waals surface area contributed by atoms with E-state index >= 15 is 0 Å². The van der Waals surface area contributed by atoms with Gasteiger partial charge >= 0.3 is 0 Å². The van der Waals surface area contributed by atoms with Crippen molar-refractivity contribution in [2.75, 3.05) is 82.5 Å². The van der Waals surface area contributed by atoms with E-state index < -0.39 is 10.0 Å². The lowest BCUT2D eigenvalue weighted by Gasteiger charge is -2.34. The number of piperidine rings is 1. The molecule has 0 spiro atoms. The molecule has 0 aromatic carbocycles. The van der Waals surface area contributed by atoms with Crippen LogP contribution in [0.3, 0.4) is 0 Å². The molecule has 13 nitrogen and oxygen atoms in total. The maximum absolute atomic E-state index is 13.4. The predicted molar refractivity (Wildman–Crippen MR) is 167 cm³/mol. The van der Waals surface area contributed by atoms with E-state index in [-0.39, 0.29) is 18.5 Å². The van der Waals surface area contributed by atoms with Crippen LogP contribution in [0.25, 0.3) is 11.1 Å². The summed E-state index contributed by atoms with van der Waals surface area (Å²) in [6.07, 6.45) is 6.17. The summed E-state index contributed by atoms with van der Waals surface area (Å²) in [5.41, 5.74) is 9.46. The van der Waals surface area contributed by atoms with Crippen LogP contribution in [0.1, 0.15) is 28.2 Å². The average molecular weight is 651 g/mol. The molecule has 6 rings (SSSR count). The van der Waals surface area contributed by atoms with Crippen molar-refractivity contribution >= 4 is 61.5 Å². The molecule has 0 aliphatic carbocycles. The number of nitrogen functional groups attached to an aromatic ring is 1. The molecular weight excluding hydrogens is 616 g/mol. The second-order valence-electron chi connectivity index (χ2n) is 10.9. The zero-order valence-corrected chi connectivity index (χ0v) is 26.3. The van der Waals surface area contributed by atoms with Crippen LogP contribution < -0.4 is 20.7 Å². The SMILES string of the molecule is CS(=O)(=O)N1CC=C(c2cc(N3CCC[C@@H](NC(=O)c4sc(Cl)cc4OCCN4CCOCC4)C3)c3c(N)ncnn23)C1. The third kappa shape index (κ3) is 6.61. The van der Waals surface area contributed by atoms with Gasteiger partial charge in [0.15, 0.2) is 5.82 Å². The normalized spacial score (nSPS) is 20.5. The Kier molecular flexibility index (Phi) is 8.80. The smallest absolute Gasteiger partial charge is 0.265 e. The highest BCUT2D eigenvalue weighted by Crippen LogP contribution is 2.36. The molecule has 3 aromatic rings. The van der Waals surface area contributed by atoms with Crippen molar-refractivity contribution in [1.29, 1.82) is 0 Å². The molecule has 3 aliphatic heterocycles. The molecule has 1 atom stereocenters. The van der Waals surface area contributed by atoms with Gasteiger partial charge in [-0.3, -0.25) is 9.69 Å². The molecule has 0 saturated carbocycles. The number of carbonyl (C=O) groups excluding carboxylic acids is 1. The lowest BCUT2D eigenvalue weighted by Crippen LogP contribution is -2.47. The average Bonchev–Trinajstić information content (AvgIpc) is 3.71. The van der Waals surface area contributed by atoms with E-state index in [4.69, 9.17) is 26.8 Å². The molecule has 1 amide bonds. The van der Waals surface area contributed by atoms with Crippen LogP contribution in [-0.2, 0) is 14.8 Å². The first-order chi connectivity index (χ1) is 20.7. The number of halogens is 1. The largest absolute Gasteiger partial charge is 0.490 e. The number of fused-ring (bicyclic) bond motifs is 1. The summed E-state index contributed by atoms with van der Waals surface area (Å²) in [6, 6.07) is 3.56. The predicted octanol–water partition coefficient (Wildman–Crippen LogP) is 1.79. The van der Waals surface area contributed by atoms with Gasteiger partial charge in [0.25, 0.3) is 5.91 Å². The summed E-state index contributed by atoms with van der Waals surface area (Å²) in [5.74, 6) is 0.606. The Morgan fingerprint density at radius 2 is 2.09 bits per heavy atom. The summed E-state index contributed by atoms with van der Waals surface area (Å²) in [5, 5.41) is 7.63. The summed E-state index contributed by atoms with van der Waals surface area (Å²) in [6.45, 7) is 6.25. The van der Waals surface area contributed by atoms with E-state index in [0.717, 1.165) is 69.2 Å². The highest BCUT2D eigenvalue weighted by Gasteiger charge is 2.30. The van der Waals surface area contributed by atoms with Crippen LogP contribution in [0.5, 0.6) is 5.75 Å². The Morgan fingerprint density at radius 3 is 2.86 bits per heavy atom. The Balaban J connectivity index is 1.16. The molecule has 3 aromatic heterocycles. The van der Waals surface area contributed by atoms with Crippen molar-refractivity contribution in [1.82, 2.24) is 29.1 Å². The second kappa shape index (κ2) is 12.6. The third-order valence-electron chi connectivity index (χ3n) is 7.99. The van der Waals surface area contributed by atoms with Crippen molar-refractivity contribution in [3.63, 3.8) is 0 Å². The summed E-state index contributed by atoms with van der Waals surface area (Å²) in [7, 11) is -3.33. The van der Waals surface area contributed by atoms with Crippen LogP contribution in [-0.4, -0.2) is 116 Å². The van der Waals surface area contributed by atoms with Crippen molar-refractivity contribution in [3.05, 3.63) is 39.4 Å². The lowest BCUT2D eigenvalue weighted by atomic mass is 10.0. The molecule has 2 fully saturated rings. The molecule has 2 saturated heterocycles. The Bertz CT molecular complexity index is 1640. The van der Waals surface area contributed by atoms with Gasteiger partial charge in [-0.15, -0.1) is 11.3 Å². The van der Waals surface area contributed by atoms with Gasteiger partial charge < -0.3 is 25.4 Å². The summed E-state index contributed by atoms with van der Waals surface area (Å²) in [4.78, 5) is 22.6. The molecule has 0 bridgehead atoms. The fourth-order valence-electron chi connectivity index (χ4n) is 5.77. The molecule has 6 heterocycles. The van der Waals surface area contributed by atoms with Crippen LogP contribution in [0.2, 0.25) is 4.34 Å². The Hall–Kier alpha value is -2.95. The molecule has 0 unspecified atom stereocenters. The third-order valence-corrected chi connectivity index (χ3v) is 10.4.